The second-order valence-corrected chi connectivity index (χ2v) is 8.21. The van der Waals surface area contributed by atoms with E-state index in [1.165, 1.54) is 11.1 Å². The van der Waals surface area contributed by atoms with Crippen LogP contribution in [0.4, 0.5) is 5.69 Å². The third-order valence-electron chi connectivity index (χ3n) is 4.17. The molecule has 0 aliphatic carbocycles. The Kier molecular flexibility index (Phi) is 7.24. The maximum absolute atomic E-state index is 11.5. The van der Waals surface area contributed by atoms with Gasteiger partial charge in [-0.25, -0.2) is 8.42 Å². The number of nitrogens with zero attached hydrogens (tertiary/aromatic N) is 2. The predicted molar refractivity (Wildman–Crippen MR) is 112 cm³/mol. The zero-order chi connectivity index (χ0) is 19.9. The number of hydrogen-bond donors (Lipinski definition) is 2. The van der Waals surface area contributed by atoms with E-state index in [1.807, 2.05) is 24.1 Å². The van der Waals surface area contributed by atoms with Crippen LogP contribution in [0.25, 0.3) is 0 Å². The molecule has 2 N–H and O–H groups in total. The Labute approximate surface area is 162 Å². The zero-order valence-electron chi connectivity index (χ0n) is 16.4. The molecule has 0 aliphatic heterocycles. The van der Waals surface area contributed by atoms with Crippen LogP contribution in [0.3, 0.4) is 0 Å². The normalized spacial score (nSPS) is 11.9. The lowest BCUT2D eigenvalue weighted by Crippen LogP contribution is -2.38. The molecule has 7 heteroatoms. The molecule has 2 aromatic rings. The van der Waals surface area contributed by atoms with Gasteiger partial charge in [-0.15, -0.1) is 0 Å². The molecule has 2 aromatic carbocycles. The highest BCUT2D eigenvalue weighted by atomic mass is 32.2. The first-order valence-electron chi connectivity index (χ1n) is 8.87. The average molecular weight is 389 g/mol. The standard InChI is InChI=1S/C20H28N4O2S/c1-5-16-10-12-17(13-11-16)15-24(3)20(21-2)22-14-18-8-6-7-9-19(18)23-27(4,25)26/h6-13,23H,5,14-15H2,1-4H3,(H,21,22). The molecule has 0 aromatic heterocycles. The summed E-state index contributed by atoms with van der Waals surface area (Å²) in [5.74, 6) is 0.740. The molecule has 27 heavy (non-hydrogen) atoms. The molecule has 0 atom stereocenters. The van der Waals surface area contributed by atoms with Gasteiger partial charge in [-0.1, -0.05) is 49.4 Å². The van der Waals surface area contributed by atoms with Crippen LogP contribution in [0.15, 0.2) is 53.5 Å². The summed E-state index contributed by atoms with van der Waals surface area (Å²) in [4.78, 5) is 6.37. The minimum absolute atomic E-state index is 0.463. The van der Waals surface area contributed by atoms with E-state index in [2.05, 4.69) is 46.2 Å². The molecule has 0 saturated carbocycles. The molecular formula is C20H28N4O2S. The quantitative estimate of drug-likeness (QED) is 0.565. The van der Waals surface area contributed by atoms with Gasteiger partial charge in [0.05, 0.1) is 11.9 Å². The van der Waals surface area contributed by atoms with Gasteiger partial charge in [0.2, 0.25) is 10.0 Å². The fraction of sp³-hybridized carbons (Fsp3) is 0.350. The number of guanidine groups is 1. The highest BCUT2D eigenvalue weighted by Gasteiger charge is 2.10. The van der Waals surface area contributed by atoms with Crippen molar-refractivity contribution in [3.63, 3.8) is 0 Å². The van der Waals surface area contributed by atoms with Crippen molar-refractivity contribution in [2.45, 2.75) is 26.4 Å². The molecule has 0 saturated heterocycles. The maximum atomic E-state index is 11.5. The largest absolute Gasteiger partial charge is 0.352 e. The van der Waals surface area contributed by atoms with Gasteiger partial charge in [-0.05, 0) is 29.2 Å². The van der Waals surface area contributed by atoms with Gasteiger partial charge >= 0.3 is 0 Å². The second kappa shape index (κ2) is 9.41. The number of nitrogens with one attached hydrogen (secondary N) is 2. The van der Waals surface area contributed by atoms with Gasteiger partial charge in [0.15, 0.2) is 5.96 Å². The average Bonchev–Trinajstić information content (AvgIpc) is 2.63. The number of aryl methyl sites for hydroxylation is 1. The van der Waals surface area contributed by atoms with Gasteiger partial charge in [0.25, 0.3) is 0 Å². The van der Waals surface area contributed by atoms with E-state index in [0.29, 0.717) is 12.2 Å². The first-order valence-corrected chi connectivity index (χ1v) is 10.8. The van der Waals surface area contributed by atoms with Gasteiger partial charge in [-0.2, -0.15) is 0 Å². The van der Waals surface area contributed by atoms with Crippen LogP contribution in [0.5, 0.6) is 0 Å². The number of benzene rings is 2. The van der Waals surface area contributed by atoms with E-state index in [-0.39, 0.29) is 0 Å². The van der Waals surface area contributed by atoms with Gasteiger partial charge in [0, 0.05) is 27.2 Å². The zero-order valence-corrected chi connectivity index (χ0v) is 17.2. The molecule has 0 spiro atoms. The van der Waals surface area contributed by atoms with Crippen molar-refractivity contribution in [2.75, 3.05) is 25.1 Å². The summed E-state index contributed by atoms with van der Waals surface area (Å²) in [6.07, 6.45) is 2.17. The first-order chi connectivity index (χ1) is 12.8. The Morgan fingerprint density at radius 1 is 1.07 bits per heavy atom. The van der Waals surface area contributed by atoms with Crippen LogP contribution in [-0.2, 0) is 29.5 Å². The SMILES string of the molecule is CCc1ccc(CN(C)C(=NC)NCc2ccccc2NS(C)(=O)=O)cc1. The number of aliphatic imine (C=N–C) groups is 1. The van der Waals surface area contributed by atoms with E-state index in [1.54, 1.807) is 19.2 Å². The molecule has 0 heterocycles. The number of anilines is 1. The smallest absolute Gasteiger partial charge is 0.229 e. The van der Waals surface area contributed by atoms with E-state index in [9.17, 15) is 8.42 Å². The molecule has 0 unspecified atom stereocenters. The molecule has 6 nitrogen and oxygen atoms in total. The minimum atomic E-state index is -3.33. The van der Waals surface area contributed by atoms with Crippen molar-refractivity contribution < 1.29 is 8.42 Å². The second-order valence-electron chi connectivity index (χ2n) is 6.46. The summed E-state index contributed by atoms with van der Waals surface area (Å²) >= 11 is 0. The van der Waals surface area contributed by atoms with Crippen LogP contribution in [0, 0.1) is 0 Å². The van der Waals surface area contributed by atoms with E-state index >= 15 is 0 Å². The van der Waals surface area contributed by atoms with Crippen molar-refractivity contribution in [1.82, 2.24) is 10.2 Å². The lowest BCUT2D eigenvalue weighted by molar-refractivity contribution is 0.476. The first kappa shape index (κ1) is 20.8. The van der Waals surface area contributed by atoms with Crippen molar-refractivity contribution in [3.05, 3.63) is 65.2 Å². The minimum Gasteiger partial charge on any atom is -0.352 e. The summed E-state index contributed by atoms with van der Waals surface area (Å²) < 4.78 is 25.6. The van der Waals surface area contributed by atoms with E-state index in [4.69, 9.17) is 0 Å². The Hall–Kier alpha value is -2.54. The van der Waals surface area contributed by atoms with Gasteiger partial charge in [0.1, 0.15) is 0 Å². The monoisotopic (exact) mass is 388 g/mol. The molecule has 0 amide bonds. The summed E-state index contributed by atoms with van der Waals surface area (Å²) in [6.45, 7) is 3.33. The molecule has 0 aliphatic rings. The van der Waals surface area contributed by atoms with Crippen molar-refractivity contribution in [3.8, 4) is 0 Å². The summed E-state index contributed by atoms with van der Waals surface area (Å²) in [5.41, 5.74) is 3.95. The van der Waals surface area contributed by atoms with Crippen LogP contribution >= 0.6 is 0 Å². The predicted octanol–water partition coefficient (Wildman–Crippen LogP) is 2.83. The molecule has 146 valence electrons. The number of para-hydroxylation sites is 1. The number of hydrogen-bond acceptors (Lipinski definition) is 3. The Bertz CT molecular complexity index is 877. The Balaban J connectivity index is 2.02. The van der Waals surface area contributed by atoms with Gasteiger partial charge < -0.3 is 10.2 Å². The number of rotatable bonds is 7. The molecule has 2 rings (SSSR count). The van der Waals surface area contributed by atoms with Crippen LogP contribution in [0.2, 0.25) is 0 Å². The number of sulfonamides is 1. The lowest BCUT2D eigenvalue weighted by Gasteiger charge is -2.23. The third kappa shape index (κ3) is 6.60. The van der Waals surface area contributed by atoms with Crippen LogP contribution in [0.1, 0.15) is 23.6 Å². The lowest BCUT2D eigenvalue weighted by atomic mass is 10.1. The highest BCUT2D eigenvalue weighted by Crippen LogP contribution is 2.16. The van der Waals surface area contributed by atoms with Crippen LogP contribution < -0.4 is 10.0 Å². The molecule has 0 radical (unpaired) electrons. The highest BCUT2D eigenvalue weighted by molar-refractivity contribution is 7.92. The maximum Gasteiger partial charge on any atom is 0.229 e. The summed E-state index contributed by atoms with van der Waals surface area (Å²) in [5, 5.41) is 3.30. The Morgan fingerprint density at radius 3 is 2.30 bits per heavy atom. The van der Waals surface area contributed by atoms with Crippen molar-refractivity contribution >= 4 is 21.7 Å². The third-order valence-corrected chi connectivity index (χ3v) is 4.76. The topological polar surface area (TPSA) is 73.8 Å². The summed E-state index contributed by atoms with van der Waals surface area (Å²) in [7, 11) is 0.387. The molecular weight excluding hydrogens is 360 g/mol. The molecule has 0 bridgehead atoms. The fourth-order valence-corrected chi connectivity index (χ4v) is 3.36. The summed E-state index contributed by atoms with van der Waals surface area (Å²) in [6, 6.07) is 15.9. The van der Waals surface area contributed by atoms with E-state index in [0.717, 1.165) is 30.7 Å². The molecule has 0 fully saturated rings. The van der Waals surface area contributed by atoms with Crippen molar-refractivity contribution in [1.29, 1.82) is 0 Å². The van der Waals surface area contributed by atoms with E-state index < -0.39 is 10.0 Å². The van der Waals surface area contributed by atoms with Crippen molar-refractivity contribution in [2.24, 2.45) is 4.99 Å². The fourth-order valence-electron chi connectivity index (χ4n) is 2.76. The Morgan fingerprint density at radius 2 is 1.70 bits per heavy atom. The van der Waals surface area contributed by atoms with Crippen LogP contribution in [-0.4, -0.2) is 39.6 Å². The van der Waals surface area contributed by atoms with Gasteiger partial charge in [-0.3, -0.25) is 9.71 Å².